The summed E-state index contributed by atoms with van der Waals surface area (Å²) in [4.78, 5) is 0. The lowest BCUT2D eigenvalue weighted by atomic mass is 10.3. The van der Waals surface area contributed by atoms with Crippen LogP contribution < -0.4 is 4.74 Å². The average Bonchev–Trinajstić information content (AvgIpc) is 2.01. The van der Waals surface area contributed by atoms with Crippen LogP contribution in [-0.2, 0) is 0 Å². The molecule has 0 amide bonds. The monoisotopic (exact) mass is 166 g/mol. The van der Waals surface area contributed by atoms with Crippen LogP contribution in [0.3, 0.4) is 0 Å². The van der Waals surface area contributed by atoms with Crippen LogP contribution in [0.5, 0.6) is 5.75 Å². The Labute approximate surface area is 70.0 Å². The second-order valence-corrected chi connectivity index (χ2v) is 2.27. The minimum Gasteiger partial charge on any atom is -0.479 e. The van der Waals surface area contributed by atoms with Crippen LogP contribution in [0.25, 0.3) is 0 Å². The lowest BCUT2D eigenvalue weighted by Gasteiger charge is -1.99. The van der Waals surface area contributed by atoms with Gasteiger partial charge in [0, 0.05) is 5.02 Å². The van der Waals surface area contributed by atoms with E-state index in [0.29, 0.717) is 10.8 Å². The van der Waals surface area contributed by atoms with Crippen LogP contribution in [-0.4, -0.2) is 6.61 Å². The molecule has 0 unspecified atom stereocenters. The molecule has 0 aliphatic heterocycles. The zero-order chi connectivity index (χ0) is 8.10. The molecule has 0 fully saturated rings. The van der Waals surface area contributed by atoms with Gasteiger partial charge in [-0.05, 0) is 24.3 Å². The first-order chi connectivity index (χ1) is 5.33. The van der Waals surface area contributed by atoms with Crippen molar-refractivity contribution in [2.75, 3.05) is 6.61 Å². The maximum Gasteiger partial charge on any atom is 0.174 e. The Morgan fingerprint density at radius 1 is 1.64 bits per heavy atom. The molecule has 1 rings (SSSR count). The number of halogens is 1. The van der Waals surface area contributed by atoms with Gasteiger partial charge in [0.25, 0.3) is 0 Å². The van der Waals surface area contributed by atoms with Crippen LogP contribution >= 0.6 is 11.6 Å². The van der Waals surface area contributed by atoms with Crippen molar-refractivity contribution < 1.29 is 4.74 Å². The van der Waals surface area contributed by atoms with Crippen molar-refractivity contribution >= 4 is 11.6 Å². The van der Waals surface area contributed by atoms with E-state index in [1.165, 1.54) is 0 Å². The summed E-state index contributed by atoms with van der Waals surface area (Å²) >= 11 is 5.63. The normalized spacial score (nSPS) is 8.73. The molecule has 0 heterocycles. The predicted molar refractivity (Wildman–Crippen MR) is 41.4 cm³/mol. The van der Waals surface area contributed by atoms with Gasteiger partial charge in [0.1, 0.15) is 11.8 Å². The smallest absolute Gasteiger partial charge is 0.174 e. The zero-order valence-corrected chi connectivity index (χ0v) is 6.43. The van der Waals surface area contributed by atoms with Gasteiger partial charge in [-0.3, -0.25) is 0 Å². The molecule has 0 aromatic heterocycles. The summed E-state index contributed by atoms with van der Waals surface area (Å²) in [6.07, 6.45) is 0. The number of hydrogen-bond acceptors (Lipinski definition) is 2. The molecule has 1 radical (unpaired) electrons. The van der Waals surface area contributed by atoms with Gasteiger partial charge in [-0.1, -0.05) is 11.6 Å². The number of nitrogens with zero attached hydrogens (tertiary/aromatic N) is 1. The third-order valence-electron chi connectivity index (χ3n) is 1.03. The second-order valence-electron chi connectivity index (χ2n) is 1.83. The van der Waals surface area contributed by atoms with Crippen molar-refractivity contribution in [2.24, 2.45) is 0 Å². The molecular formula is C8H5ClNO. The lowest BCUT2D eigenvalue weighted by Crippen LogP contribution is -1.92. The number of hydrogen-bond donors (Lipinski definition) is 0. The van der Waals surface area contributed by atoms with E-state index >= 15 is 0 Å². The van der Waals surface area contributed by atoms with Crippen molar-refractivity contribution in [1.82, 2.24) is 0 Å². The van der Waals surface area contributed by atoms with E-state index in [1.54, 1.807) is 18.2 Å². The highest BCUT2D eigenvalue weighted by Gasteiger charge is 1.92. The molecule has 0 N–H and O–H groups in total. The van der Waals surface area contributed by atoms with Crippen LogP contribution in [0.1, 0.15) is 0 Å². The van der Waals surface area contributed by atoms with Gasteiger partial charge >= 0.3 is 0 Å². The molecule has 2 nitrogen and oxygen atoms in total. The second kappa shape index (κ2) is 3.85. The molecule has 1 aromatic rings. The summed E-state index contributed by atoms with van der Waals surface area (Å²) in [5.41, 5.74) is 0. The van der Waals surface area contributed by atoms with Crippen LogP contribution in [0.2, 0.25) is 5.02 Å². The largest absolute Gasteiger partial charge is 0.479 e. The molecule has 1 aromatic carbocycles. The highest BCUT2D eigenvalue weighted by atomic mass is 35.5. The molecule has 11 heavy (non-hydrogen) atoms. The van der Waals surface area contributed by atoms with Crippen molar-refractivity contribution in [3.8, 4) is 11.8 Å². The number of ether oxygens (including phenoxy) is 1. The summed E-state index contributed by atoms with van der Waals surface area (Å²) in [7, 11) is 0. The topological polar surface area (TPSA) is 33.0 Å². The minimum absolute atomic E-state index is 0.0359. The molecule has 0 saturated carbocycles. The maximum absolute atomic E-state index is 8.18. The van der Waals surface area contributed by atoms with Crippen LogP contribution in [0.4, 0.5) is 0 Å². The fourth-order valence-corrected chi connectivity index (χ4v) is 0.792. The number of benzene rings is 1. The zero-order valence-electron chi connectivity index (χ0n) is 5.67. The third kappa shape index (κ3) is 2.48. The SMILES string of the molecule is N#CCOc1c[c]cc(Cl)c1. The minimum atomic E-state index is 0.0359. The highest BCUT2D eigenvalue weighted by Crippen LogP contribution is 2.16. The van der Waals surface area contributed by atoms with Gasteiger partial charge in [0.2, 0.25) is 0 Å². The molecule has 0 saturated heterocycles. The van der Waals surface area contributed by atoms with Crippen molar-refractivity contribution in [2.45, 2.75) is 0 Å². The van der Waals surface area contributed by atoms with Crippen molar-refractivity contribution in [1.29, 1.82) is 5.26 Å². The highest BCUT2D eigenvalue weighted by molar-refractivity contribution is 6.30. The molecule has 0 aliphatic rings. The molecule has 0 bridgehead atoms. The van der Waals surface area contributed by atoms with Gasteiger partial charge in [-0.2, -0.15) is 5.26 Å². The molecule has 0 atom stereocenters. The first-order valence-electron chi connectivity index (χ1n) is 2.99. The van der Waals surface area contributed by atoms with E-state index in [0.717, 1.165) is 0 Å². The van der Waals surface area contributed by atoms with Gasteiger partial charge in [-0.15, -0.1) is 0 Å². The quantitative estimate of drug-likeness (QED) is 0.674. The summed E-state index contributed by atoms with van der Waals surface area (Å²) in [5, 5.41) is 8.73. The molecular weight excluding hydrogens is 162 g/mol. The van der Waals surface area contributed by atoms with Crippen molar-refractivity contribution in [3.05, 3.63) is 29.3 Å². The van der Waals surface area contributed by atoms with E-state index in [4.69, 9.17) is 21.6 Å². The van der Waals surface area contributed by atoms with E-state index in [-0.39, 0.29) is 6.61 Å². The summed E-state index contributed by atoms with van der Waals surface area (Å²) < 4.78 is 4.96. The van der Waals surface area contributed by atoms with Gasteiger partial charge in [0.15, 0.2) is 6.61 Å². The van der Waals surface area contributed by atoms with E-state index in [1.807, 2.05) is 6.07 Å². The standard InChI is InChI=1S/C8H5ClNO/c9-7-2-1-3-8(6-7)11-5-4-10/h2-3,6H,5H2. The van der Waals surface area contributed by atoms with Gasteiger partial charge in [0.05, 0.1) is 0 Å². The van der Waals surface area contributed by atoms with E-state index in [2.05, 4.69) is 6.07 Å². The first kappa shape index (κ1) is 7.90. The maximum atomic E-state index is 8.18. The van der Waals surface area contributed by atoms with Crippen LogP contribution in [0.15, 0.2) is 18.2 Å². The summed E-state index contributed by atoms with van der Waals surface area (Å²) in [6.45, 7) is 0.0359. The number of rotatable bonds is 2. The van der Waals surface area contributed by atoms with E-state index in [9.17, 15) is 0 Å². The van der Waals surface area contributed by atoms with Crippen molar-refractivity contribution in [3.63, 3.8) is 0 Å². The fourth-order valence-electron chi connectivity index (χ4n) is 0.622. The lowest BCUT2D eigenvalue weighted by molar-refractivity contribution is 0.368. The Balaban J connectivity index is 2.65. The first-order valence-corrected chi connectivity index (χ1v) is 3.37. The third-order valence-corrected chi connectivity index (χ3v) is 1.25. The Kier molecular flexibility index (Phi) is 2.76. The molecule has 55 valence electrons. The molecule has 0 spiro atoms. The number of nitriles is 1. The Morgan fingerprint density at radius 3 is 3.09 bits per heavy atom. The Bertz CT molecular complexity index is 280. The fraction of sp³-hybridized carbons (Fsp3) is 0.125. The van der Waals surface area contributed by atoms with Gasteiger partial charge < -0.3 is 4.74 Å². The average molecular weight is 167 g/mol. The summed E-state index contributed by atoms with van der Waals surface area (Å²) in [5.74, 6) is 0.569. The van der Waals surface area contributed by atoms with E-state index < -0.39 is 0 Å². The predicted octanol–water partition coefficient (Wildman–Crippen LogP) is 2.04. The molecule has 0 aliphatic carbocycles. The Hall–Kier alpha value is -1.20. The summed E-state index contributed by atoms with van der Waals surface area (Å²) in [6, 6.07) is 9.52. The Morgan fingerprint density at radius 2 is 2.45 bits per heavy atom. The van der Waals surface area contributed by atoms with Gasteiger partial charge in [-0.25, -0.2) is 0 Å². The van der Waals surface area contributed by atoms with Crippen LogP contribution in [0, 0.1) is 17.4 Å². The molecule has 3 heteroatoms.